The Morgan fingerprint density at radius 3 is 2.64 bits per heavy atom. The van der Waals surface area contributed by atoms with Crippen LogP contribution in [0.4, 0.5) is 4.79 Å². The van der Waals surface area contributed by atoms with Gasteiger partial charge in [-0.1, -0.05) is 11.6 Å². The molecule has 3 aliphatic rings. The van der Waals surface area contributed by atoms with Crippen molar-refractivity contribution >= 4 is 23.5 Å². The average Bonchev–Trinajstić information content (AvgIpc) is 3.08. The molecule has 3 heterocycles. The van der Waals surface area contributed by atoms with Crippen LogP contribution in [-0.2, 0) is 11.3 Å². The number of hydrogen-bond acceptors (Lipinski definition) is 4. The number of benzene rings is 1. The van der Waals surface area contributed by atoms with Crippen molar-refractivity contribution in [2.75, 3.05) is 19.8 Å². The highest BCUT2D eigenvalue weighted by atomic mass is 35.5. The minimum absolute atomic E-state index is 0.131. The van der Waals surface area contributed by atoms with Gasteiger partial charge in [0, 0.05) is 17.6 Å². The molecule has 22 heavy (non-hydrogen) atoms. The molecule has 3 amide bonds. The lowest BCUT2D eigenvalue weighted by molar-refractivity contribution is -0.128. The number of ether oxygens (including phenoxy) is 2. The third-order valence-electron chi connectivity index (χ3n) is 4.32. The quantitative estimate of drug-likeness (QED) is 0.782. The van der Waals surface area contributed by atoms with Crippen molar-refractivity contribution in [3.05, 3.63) is 22.7 Å². The van der Waals surface area contributed by atoms with Crippen molar-refractivity contribution in [2.24, 2.45) is 0 Å². The molecule has 116 valence electrons. The number of imide groups is 1. The van der Waals surface area contributed by atoms with Crippen LogP contribution in [0.2, 0.25) is 5.02 Å². The number of carbonyl (C=O) groups excluding carboxylic acids is 2. The Morgan fingerprint density at radius 1 is 1.18 bits per heavy atom. The van der Waals surface area contributed by atoms with Crippen molar-refractivity contribution < 1.29 is 19.1 Å². The Kier molecular flexibility index (Phi) is 3.14. The van der Waals surface area contributed by atoms with Gasteiger partial charge in [0.25, 0.3) is 5.91 Å². The zero-order chi connectivity index (χ0) is 15.3. The summed E-state index contributed by atoms with van der Waals surface area (Å²) in [6.07, 6.45) is 1.64. The maximum atomic E-state index is 12.4. The minimum Gasteiger partial charge on any atom is -0.486 e. The first-order valence-corrected chi connectivity index (χ1v) is 7.73. The van der Waals surface area contributed by atoms with E-state index in [-0.39, 0.29) is 24.5 Å². The molecule has 7 heteroatoms. The van der Waals surface area contributed by atoms with E-state index in [4.69, 9.17) is 21.1 Å². The molecular weight excluding hydrogens is 308 g/mol. The van der Waals surface area contributed by atoms with Crippen LogP contribution >= 0.6 is 11.6 Å². The van der Waals surface area contributed by atoms with Crippen LogP contribution in [0.3, 0.4) is 0 Å². The highest BCUT2D eigenvalue weighted by Crippen LogP contribution is 2.37. The summed E-state index contributed by atoms with van der Waals surface area (Å²) in [7, 11) is 0. The Bertz CT molecular complexity index is 641. The van der Waals surface area contributed by atoms with Gasteiger partial charge in [-0.25, -0.2) is 4.79 Å². The lowest BCUT2D eigenvalue weighted by Crippen LogP contribution is -2.32. The number of halogens is 1. The summed E-state index contributed by atoms with van der Waals surface area (Å²) in [5, 5.41) is 0.469. The summed E-state index contributed by atoms with van der Waals surface area (Å²) in [4.78, 5) is 27.6. The summed E-state index contributed by atoms with van der Waals surface area (Å²) in [6.45, 7) is 1.79. The summed E-state index contributed by atoms with van der Waals surface area (Å²) < 4.78 is 11.0. The molecule has 2 saturated heterocycles. The molecule has 1 unspecified atom stereocenters. The smallest absolute Gasteiger partial charge is 0.327 e. The van der Waals surface area contributed by atoms with Crippen molar-refractivity contribution in [1.82, 2.24) is 9.80 Å². The van der Waals surface area contributed by atoms with Gasteiger partial charge in [-0.05, 0) is 24.5 Å². The van der Waals surface area contributed by atoms with E-state index in [9.17, 15) is 9.59 Å². The number of urea groups is 1. The highest BCUT2D eigenvalue weighted by molar-refractivity contribution is 6.31. The van der Waals surface area contributed by atoms with Crippen molar-refractivity contribution in [1.29, 1.82) is 0 Å². The lowest BCUT2D eigenvalue weighted by atomic mass is 10.1. The Labute approximate surface area is 132 Å². The van der Waals surface area contributed by atoms with Crippen LogP contribution in [0.25, 0.3) is 0 Å². The average molecular weight is 323 g/mol. The standard InChI is InChI=1S/C15H15ClN2O4/c16-10-7-13-12(21-4-5-22-13)6-9(10)8-18-14(19)11-2-1-3-17(11)15(18)20/h6-7,11H,1-5,8H2. The molecule has 0 radical (unpaired) electrons. The van der Waals surface area contributed by atoms with E-state index in [0.717, 1.165) is 12.8 Å². The molecule has 1 aromatic carbocycles. The zero-order valence-corrected chi connectivity index (χ0v) is 12.6. The van der Waals surface area contributed by atoms with Crippen LogP contribution in [0.5, 0.6) is 11.5 Å². The van der Waals surface area contributed by atoms with Gasteiger partial charge in [-0.3, -0.25) is 9.69 Å². The summed E-state index contributed by atoms with van der Waals surface area (Å²) in [5.74, 6) is 1.07. The van der Waals surface area contributed by atoms with Gasteiger partial charge in [-0.15, -0.1) is 0 Å². The Morgan fingerprint density at radius 2 is 1.91 bits per heavy atom. The molecule has 0 aliphatic carbocycles. The Hall–Kier alpha value is -1.95. The molecule has 1 atom stereocenters. The number of amides is 3. The fourth-order valence-electron chi connectivity index (χ4n) is 3.22. The van der Waals surface area contributed by atoms with E-state index in [1.807, 2.05) is 0 Å². The number of hydrogen-bond donors (Lipinski definition) is 0. The van der Waals surface area contributed by atoms with E-state index < -0.39 is 0 Å². The fourth-order valence-corrected chi connectivity index (χ4v) is 3.44. The monoisotopic (exact) mass is 322 g/mol. The second kappa shape index (κ2) is 5.05. The second-order valence-electron chi connectivity index (χ2n) is 5.65. The summed E-state index contributed by atoms with van der Waals surface area (Å²) in [6, 6.07) is 2.92. The second-order valence-corrected chi connectivity index (χ2v) is 6.05. The molecule has 0 spiro atoms. The first kappa shape index (κ1) is 13.7. The van der Waals surface area contributed by atoms with Gasteiger partial charge in [0.05, 0.1) is 6.54 Å². The van der Waals surface area contributed by atoms with Crippen LogP contribution < -0.4 is 9.47 Å². The first-order chi connectivity index (χ1) is 10.6. The topological polar surface area (TPSA) is 59.1 Å². The van der Waals surface area contributed by atoms with Crippen LogP contribution in [-0.4, -0.2) is 47.5 Å². The van der Waals surface area contributed by atoms with Crippen molar-refractivity contribution in [3.63, 3.8) is 0 Å². The SMILES string of the molecule is O=C1C2CCCN2C(=O)N1Cc1cc2c(cc1Cl)OCCO2. The maximum absolute atomic E-state index is 12.4. The van der Waals surface area contributed by atoms with E-state index in [2.05, 4.69) is 0 Å². The summed E-state index contributed by atoms with van der Waals surface area (Å²) in [5.41, 5.74) is 0.689. The molecule has 0 aromatic heterocycles. The largest absolute Gasteiger partial charge is 0.486 e. The molecule has 2 fully saturated rings. The van der Waals surface area contributed by atoms with Crippen molar-refractivity contribution in [3.8, 4) is 11.5 Å². The minimum atomic E-state index is -0.288. The van der Waals surface area contributed by atoms with E-state index in [1.165, 1.54) is 4.90 Å². The normalized spacial score (nSPS) is 23.2. The predicted molar refractivity (Wildman–Crippen MR) is 78.1 cm³/mol. The first-order valence-electron chi connectivity index (χ1n) is 7.35. The predicted octanol–water partition coefficient (Wildman–Crippen LogP) is 2.04. The number of carbonyl (C=O) groups is 2. The maximum Gasteiger partial charge on any atom is 0.327 e. The Balaban J connectivity index is 1.61. The van der Waals surface area contributed by atoms with Gasteiger partial charge in [0.2, 0.25) is 0 Å². The van der Waals surface area contributed by atoms with E-state index in [0.29, 0.717) is 41.8 Å². The van der Waals surface area contributed by atoms with Gasteiger partial charge in [-0.2, -0.15) is 0 Å². The van der Waals surface area contributed by atoms with Gasteiger partial charge in [0.1, 0.15) is 19.3 Å². The molecule has 0 bridgehead atoms. The molecule has 4 rings (SSSR count). The van der Waals surface area contributed by atoms with Gasteiger partial charge >= 0.3 is 6.03 Å². The highest BCUT2D eigenvalue weighted by Gasteiger charge is 2.47. The van der Waals surface area contributed by atoms with E-state index in [1.54, 1.807) is 17.0 Å². The molecule has 6 nitrogen and oxygen atoms in total. The number of nitrogens with zero attached hydrogens (tertiary/aromatic N) is 2. The fraction of sp³-hybridized carbons (Fsp3) is 0.467. The van der Waals surface area contributed by atoms with Crippen LogP contribution in [0.15, 0.2) is 12.1 Å². The zero-order valence-electron chi connectivity index (χ0n) is 11.9. The third-order valence-corrected chi connectivity index (χ3v) is 4.67. The van der Waals surface area contributed by atoms with Crippen LogP contribution in [0.1, 0.15) is 18.4 Å². The molecular formula is C15H15ClN2O4. The molecule has 1 aromatic rings. The third kappa shape index (κ3) is 2.01. The molecule has 0 saturated carbocycles. The van der Waals surface area contributed by atoms with Crippen LogP contribution in [0, 0.1) is 0 Å². The van der Waals surface area contributed by atoms with Gasteiger partial charge in [0.15, 0.2) is 11.5 Å². The number of fused-ring (bicyclic) bond motifs is 2. The van der Waals surface area contributed by atoms with Gasteiger partial charge < -0.3 is 14.4 Å². The molecule has 3 aliphatic heterocycles. The summed E-state index contributed by atoms with van der Waals surface area (Å²) >= 11 is 6.26. The lowest BCUT2D eigenvalue weighted by Gasteiger charge is -2.21. The molecule has 0 N–H and O–H groups in total. The van der Waals surface area contributed by atoms with Crippen molar-refractivity contribution in [2.45, 2.75) is 25.4 Å². The number of rotatable bonds is 2. The van der Waals surface area contributed by atoms with E-state index >= 15 is 0 Å².